The topological polar surface area (TPSA) is 41.5 Å². The van der Waals surface area contributed by atoms with Crippen LogP contribution in [0.15, 0.2) is 24.3 Å². The molecule has 0 fully saturated rings. The first kappa shape index (κ1) is 14.0. The van der Waals surface area contributed by atoms with Gasteiger partial charge in [-0.05, 0) is 24.9 Å². The summed E-state index contributed by atoms with van der Waals surface area (Å²) >= 11 is 0. The van der Waals surface area contributed by atoms with Crippen LogP contribution in [0.4, 0.5) is 0 Å². The lowest BCUT2D eigenvalue weighted by molar-refractivity contribution is 0.116. The lowest BCUT2D eigenvalue weighted by atomic mass is 10.0. The van der Waals surface area contributed by atoms with E-state index in [9.17, 15) is 5.11 Å². The number of rotatable bonds is 7. The van der Waals surface area contributed by atoms with Gasteiger partial charge in [0.05, 0.1) is 13.2 Å². The summed E-state index contributed by atoms with van der Waals surface area (Å²) in [7, 11) is 1.68. The number of ether oxygens (including phenoxy) is 1. The number of hydrogen-bond donors (Lipinski definition) is 2. The van der Waals surface area contributed by atoms with Crippen molar-refractivity contribution in [3.8, 4) is 5.75 Å². The molecule has 0 aliphatic carbocycles. The third-order valence-electron chi connectivity index (χ3n) is 2.89. The molecule has 0 aliphatic rings. The van der Waals surface area contributed by atoms with Gasteiger partial charge in [0, 0.05) is 12.1 Å². The van der Waals surface area contributed by atoms with Crippen LogP contribution in [0, 0.1) is 5.92 Å². The summed E-state index contributed by atoms with van der Waals surface area (Å²) in [5.74, 6) is 1.23. The number of benzene rings is 1. The Kier molecular flexibility index (Phi) is 6.01. The molecule has 0 amide bonds. The first-order chi connectivity index (χ1) is 8.15. The maximum atomic E-state index is 9.66. The quantitative estimate of drug-likeness (QED) is 0.714. The summed E-state index contributed by atoms with van der Waals surface area (Å²) in [6.45, 7) is 5.65. The van der Waals surface area contributed by atoms with Gasteiger partial charge in [0.15, 0.2) is 0 Å². The normalized spacial score (nSPS) is 12.8. The van der Waals surface area contributed by atoms with Crippen molar-refractivity contribution in [3.05, 3.63) is 29.8 Å². The molecule has 2 N–H and O–H groups in total. The van der Waals surface area contributed by atoms with E-state index in [0.29, 0.717) is 5.92 Å². The van der Waals surface area contributed by atoms with E-state index < -0.39 is 0 Å². The molecule has 3 heteroatoms. The zero-order valence-electron chi connectivity index (χ0n) is 10.9. The predicted octanol–water partition coefficient (Wildman–Crippen LogP) is 2.19. The molecule has 0 spiro atoms. The molecule has 1 aromatic rings. The Morgan fingerprint density at radius 3 is 2.65 bits per heavy atom. The van der Waals surface area contributed by atoms with E-state index >= 15 is 0 Å². The third kappa shape index (κ3) is 4.75. The zero-order valence-corrected chi connectivity index (χ0v) is 10.9. The second-order valence-corrected chi connectivity index (χ2v) is 4.59. The average Bonchev–Trinajstić information content (AvgIpc) is 2.34. The Labute approximate surface area is 104 Å². The minimum absolute atomic E-state index is 0.222. The number of methoxy groups -OCH3 is 1. The molecule has 96 valence electrons. The molecular formula is C14H23NO2. The van der Waals surface area contributed by atoms with Crippen LogP contribution in [-0.2, 0) is 6.54 Å². The van der Waals surface area contributed by atoms with Gasteiger partial charge in [-0.15, -0.1) is 0 Å². The summed E-state index contributed by atoms with van der Waals surface area (Å²) in [4.78, 5) is 0. The molecule has 0 saturated carbocycles. The minimum Gasteiger partial charge on any atom is -0.496 e. The molecule has 17 heavy (non-hydrogen) atoms. The second-order valence-electron chi connectivity index (χ2n) is 4.59. The van der Waals surface area contributed by atoms with E-state index in [4.69, 9.17) is 4.74 Å². The van der Waals surface area contributed by atoms with Crippen molar-refractivity contribution >= 4 is 0 Å². The Morgan fingerprint density at radius 2 is 2.00 bits per heavy atom. The van der Waals surface area contributed by atoms with Crippen LogP contribution in [0.2, 0.25) is 0 Å². The molecular weight excluding hydrogens is 214 g/mol. The number of nitrogens with one attached hydrogen (secondary N) is 1. The molecule has 1 aromatic carbocycles. The van der Waals surface area contributed by atoms with E-state index in [1.807, 2.05) is 38.1 Å². The molecule has 0 saturated heterocycles. The average molecular weight is 237 g/mol. The van der Waals surface area contributed by atoms with Crippen LogP contribution >= 0.6 is 0 Å². The standard InChI is InChI=1S/C14H23NO2/c1-11(2)13(16)8-9-15-10-12-6-4-5-7-14(12)17-3/h4-7,11,13,15-16H,8-10H2,1-3H3. The van der Waals surface area contributed by atoms with Gasteiger partial charge in [0.25, 0.3) is 0 Å². The number of hydrogen-bond acceptors (Lipinski definition) is 3. The fourth-order valence-corrected chi connectivity index (χ4v) is 1.66. The van der Waals surface area contributed by atoms with Gasteiger partial charge in [-0.25, -0.2) is 0 Å². The molecule has 0 bridgehead atoms. The van der Waals surface area contributed by atoms with Crippen molar-refractivity contribution in [3.63, 3.8) is 0 Å². The number of aliphatic hydroxyl groups excluding tert-OH is 1. The van der Waals surface area contributed by atoms with E-state index in [1.165, 1.54) is 0 Å². The van der Waals surface area contributed by atoms with Crippen LogP contribution in [-0.4, -0.2) is 24.9 Å². The molecule has 1 rings (SSSR count). The van der Waals surface area contributed by atoms with Gasteiger partial charge >= 0.3 is 0 Å². The molecule has 0 aliphatic heterocycles. The summed E-state index contributed by atoms with van der Waals surface area (Å²) < 4.78 is 5.27. The van der Waals surface area contributed by atoms with Crippen LogP contribution in [0.25, 0.3) is 0 Å². The second kappa shape index (κ2) is 7.30. The van der Waals surface area contributed by atoms with E-state index in [-0.39, 0.29) is 6.10 Å². The molecule has 1 unspecified atom stereocenters. The highest BCUT2D eigenvalue weighted by atomic mass is 16.5. The Hall–Kier alpha value is -1.06. The van der Waals surface area contributed by atoms with Gasteiger partial charge in [-0.2, -0.15) is 0 Å². The Morgan fingerprint density at radius 1 is 1.29 bits per heavy atom. The van der Waals surface area contributed by atoms with Gasteiger partial charge < -0.3 is 15.2 Å². The van der Waals surface area contributed by atoms with Crippen LogP contribution in [0.5, 0.6) is 5.75 Å². The zero-order chi connectivity index (χ0) is 12.7. The van der Waals surface area contributed by atoms with Crippen molar-refractivity contribution in [2.24, 2.45) is 5.92 Å². The molecule has 1 atom stereocenters. The van der Waals surface area contributed by atoms with Gasteiger partial charge in [-0.3, -0.25) is 0 Å². The molecule has 0 radical (unpaired) electrons. The van der Waals surface area contributed by atoms with Crippen molar-refractivity contribution in [2.45, 2.75) is 32.9 Å². The molecule has 3 nitrogen and oxygen atoms in total. The third-order valence-corrected chi connectivity index (χ3v) is 2.89. The summed E-state index contributed by atoms with van der Waals surface area (Å²) in [5, 5.41) is 13.0. The van der Waals surface area contributed by atoms with E-state index in [1.54, 1.807) is 7.11 Å². The monoisotopic (exact) mass is 237 g/mol. The summed E-state index contributed by atoms with van der Waals surface area (Å²) in [5.41, 5.74) is 1.15. The first-order valence-electron chi connectivity index (χ1n) is 6.15. The maximum Gasteiger partial charge on any atom is 0.123 e. The van der Waals surface area contributed by atoms with Gasteiger partial charge in [0.1, 0.15) is 5.75 Å². The molecule has 0 aromatic heterocycles. The highest BCUT2D eigenvalue weighted by Crippen LogP contribution is 2.16. The predicted molar refractivity (Wildman–Crippen MR) is 70.2 cm³/mol. The minimum atomic E-state index is -0.222. The molecule has 0 heterocycles. The smallest absolute Gasteiger partial charge is 0.123 e. The lowest BCUT2D eigenvalue weighted by Crippen LogP contribution is -2.23. The maximum absolute atomic E-state index is 9.66. The van der Waals surface area contributed by atoms with Gasteiger partial charge in [-0.1, -0.05) is 32.0 Å². The van der Waals surface area contributed by atoms with Crippen molar-refractivity contribution in [2.75, 3.05) is 13.7 Å². The van der Waals surface area contributed by atoms with Gasteiger partial charge in [0.2, 0.25) is 0 Å². The lowest BCUT2D eigenvalue weighted by Gasteiger charge is -2.15. The van der Waals surface area contributed by atoms with Crippen molar-refractivity contribution in [1.29, 1.82) is 0 Å². The fourth-order valence-electron chi connectivity index (χ4n) is 1.66. The van der Waals surface area contributed by atoms with Crippen molar-refractivity contribution < 1.29 is 9.84 Å². The summed E-state index contributed by atoms with van der Waals surface area (Å²) in [6, 6.07) is 7.97. The fraction of sp³-hybridized carbons (Fsp3) is 0.571. The largest absolute Gasteiger partial charge is 0.496 e. The van der Waals surface area contributed by atoms with E-state index in [0.717, 1.165) is 30.8 Å². The first-order valence-corrected chi connectivity index (χ1v) is 6.15. The van der Waals surface area contributed by atoms with Crippen LogP contribution in [0.1, 0.15) is 25.8 Å². The number of para-hydroxylation sites is 1. The van der Waals surface area contributed by atoms with Crippen LogP contribution < -0.4 is 10.1 Å². The highest BCUT2D eigenvalue weighted by Gasteiger charge is 2.08. The van der Waals surface area contributed by atoms with Crippen LogP contribution in [0.3, 0.4) is 0 Å². The summed E-state index contributed by atoms with van der Waals surface area (Å²) in [6.07, 6.45) is 0.562. The highest BCUT2D eigenvalue weighted by molar-refractivity contribution is 5.32. The Balaban J connectivity index is 2.31. The van der Waals surface area contributed by atoms with Crippen molar-refractivity contribution in [1.82, 2.24) is 5.32 Å². The Bertz CT molecular complexity index is 326. The number of aliphatic hydroxyl groups is 1. The van der Waals surface area contributed by atoms with E-state index in [2.05, 4.69) is 5.32 Å². The SMILES string of the molecule is COc1ccccc1CNCCC(O)C(C)C.